The molecule has 0 spiro atoms. The summed E-state index contributed by atoms with van der Waals surface area (Å²) in [4.78, 5) is 5.82. The monoisotopic (exact) mass is 239 g/mol. The number of hydrogen-bond acceptors (Lipinski definition) is 4. The van der Waals surface area contributed by atoms with Crippen LogP contribution in [0.5, 0.6) is 0 Å². The predicted octanol–water partition coefficient (Wildman–Crippen LogP) is 2.69. The molecule has 0 aliphatic heterocycles. The van der Waals surface area contributed by atoms with E-state index >= 15 is 0 Å². The Bertz CT molecular complexity index is 323. The van der Waals surface area contributed by atoms with Gasteiger partial charge in [0, 0.05) is 17.5 Å². The van der Waals surface area contributed by atoms with E-state index in [9.17, 15) is 0 Å². The van der Waals surface area contributed by atoms with Gasteiger partial charge in [-0.2, -0.15) is 0 Å². The maximum absolute atomic E-state index is 5.86. The fourth-order valence-electron chi connectivity index (χ4n) is 2.42. The lowest BCUT2D eigenvalue weighted by molar-refractivity contribution is 0.462. The summed E-state index contributed by atoms with van der Waals surface area (Å²) in [6, 6.07) is 0.410. The lowest BCUT2D eigenvalue weighted by atomic mass is 9.98. The minimum atomic E-state index is 0.410. The van der Waals surface area contributed by atoms with Crippen molar-refractivity contribution in [2.24, 2.45) is 11.7 Å². The topological polar surface area (TPSA) is 50.9 Å². The molecule has 3 N–H and O–H groups in total. The minimum Gasteiger partial charge on any atom is -0.357 e. The van der Waals surface area contributed by atoms with Crippen molar-refractivity contribution in [3.8, 4) is 0 Å². The average Bonchev–Trinajstić information content (AvgIpc) is 2.86. The molecule has 0 bridgehead atoms. The first-order valence-electron chi connectivity index (χ1n) is 6.11. The normalized spacial score (nSPS) is 18.9. The number of thiazole rings is 1. The second-order valence-corrected chi connectivity index (χ2v) is 5.89. The van der Waals surface area contributed by atoms with Gasteiger partial charge in [-0.3, -0.25) is 0 Å². The molecule has 1 heterocycles. The maximum Gasteiger partial charge on any atom is 0.183 e. The fourth-order valence-corrected chi connectivity index (χ4v) is 3.30. The first-order chi connectivity index (χ1) is 7.70. The summed E-state index contributed by atoms with van der Waals surface area (Å²) >= 11 is 1.74. The fraction of sp³-hybridized carbons (Fsp3) is 0.750. The number of nitrogens with zero attached hydrogens (tertiary/aromatic N) is 1. The first kappa shape index (κ1) is 11.9. The summed E-state index contributed by atoms with van der Waals surface area (Å²) in [7, 11) is 0. The van der Waals surface area contributed by atoms with Crippen LogP contribution >= 0.6 is 11.3 Å². The molecule has 1 aromatic rings. The Balaban J connectivity index is 2.00. The van der Waals surface area contributed by atoms with Crippen molar-refractivity contribution in [2.75, 3.05) is 11.9 Å². The number of nitrogens with one attached hydrogen (secondary N) is 1. The summed E-state index contributed by atoms with van der Waals surface area (Å²) < 4.78 is 0. The Morgan fingerprint density at radius 3 is 2.62 bits per heavy atom. The van der Waals surface area contributed by atoms with Crippen LogP contribution in [0.3, 0.4) is 0 Å². The number of aryl methyl sites for hydroxylation is 2. The molecule has 1 fully saturated rings. The first-order valence-corrected chi connectivity index (χ1v) is 6.93. The molecule has 16 heavy (non-hydrogen) atoms. The Labute approximate surface area is 101 Å². The van der Waals surface area contributed by atoms with Crippen LogP contribution in [-0.2, 0) is 0 Å². The third-order valence-electron chi connectivity index (χ3n) is 3.56. The predicted molar refractivity (Wildman–Crippen MR) is 70.0 cm³/mol. The van der Waals surface area contributed by atoms with Crippen LogP contribution in [0.25, 0.3) is 0 Å². The van der Waals surface area contributed by atoms with E-state index < -0.39 is 0 Å². The Morgan fingerprint density at radius 2 is 2.12 bits per heavy atom. The van der Waals surface area contributed by atoms with Crippen molar-refractivity contribution in [2.45, 2.75) is 45.6 Å². The van der Waals surface area contributed by atoms with E-state index in [2.05, 4.69) is 24.1 Å². The van der Waals surface area contributed by atoms with Gasteiger partial charge < -0.3 is 11.1 Å². The number of hydrogen-bond donors (Lipinski definition) is 2. The van der Waals surface area contributed by atoms with Crippen LogP contribution < -0.4 is 11.1 Å². The molecular formula is C12H21N3S. The molecular weight excluding hydrogens is 218 g/mol. The van der Waals surface area contributed by atoms with Gasteiger partial charge in [-0.15, -0.1) is 11.3 Å². The Morgan fingerprint density at radius 1 is 1.44 bits per heavy atom. The summed E-state index contributed by atoms with van der Waals surface area (Å²) in [5.41, 5.74) is 6.99. The minimum absolute atomic E-state index is 0.410. The molecule has 1 aromatic heterocycles. The van der Waals surface area contributed by atoms with Crippen molar-refractivity contribution in [1.82, 2.24) is 4.98 Å². The number of anilines is 1. The van der Waals surface area contributed by atoms with Crippen LogP contribution in [0.1, 0.15) is 36.3 Å². The van der Waals surface area contributed by atoms with E-state index in [0.29, 0.717) is 12.6 Å². The van der Waals surface area contributed by atoms with Crippen molar-refractivity contribution < 1.29 is 0 Å². The van der Waals surface area contributed by atoms with Gasteiger partial charge in [-0.1, -0.05) is 12.8 Å². The van der Waals surface area contributed by atoms with Crippen LogP contribution in [0, 0.1) is 19.8 Å². The molecule has 1 aliphatic carbocycles. The van der Waals surface area contributed by atoms with E-state index in [-0.39, 0.29) is 0 Å². The van der Waals surface area contributed by atoms with Crippen LogP contribution in [0.2, 0.25) is 0 Å². The molecule has 0 saturated heterocycles. The van der Waals surface area contributed by atoms with Crippen molar-refractivity contribution >= 4 is 16.5 Å². The van der Waals surface area contributed by atoms with E-state index in [0.717, 1.165) is 16.7 Å². The molecule has 0 aromatic carbocycles. The second kappa shape index (κ2) is 5.15. The molecule has 4 heteroatoms. The third-order valence-corrected chi connectivity index (χ3v) is 4.56. The molecule has 0 radical (unpaired) electrons. The molecule has 90 valence electrons. The van der Waals surface area contributed by atoms with Gasteiger partial charge in [0.05, 0.1) is 5.69 Å². The molecule has 1 unspecified atom stereocenters. The largest absolute Gasteiger partial charge is 0.357 e. The van der Waals surface area contributed by atoms with Crippen molar-refractivity contribution in [3.63, 3.8) is 0 Å². The highest BCUT2D eigenvalue weighted by atomic mass is 32.1. The van der Waals surface area contributed by atoms with Crippen LogP contribution in [0.15, 0.2) is 0 Å². The van der Waals surface area contributed by atoms with E-state index in [4.69, 9.17) is 5.73 Å². The van der Waals surface area contributed by atoms with Crippen molar-refractivity contribution in [1.29, 1.82) is 0 Å². The highest BCUT2D eigenvalue weighted by molar-refractivity contribution is 7.15. The number of aromatic nitrogens is 1. The molecule has 1 atom stereocenters. The zero-order valence-corrected chi connectivity index (χ0v) is 10.9. The highest BCUT2D eigenvalue weighted by Crippen LogP contribution is 2.30. The van der Waals surface area contributed by atoms with Gasteiger partial charge in [0.1, 0.15) is 0 Å². The SMILES string of the molecule is Cc1nc(NC(CN)C2CCCC2)sc1C. The quantitative estimate of drug-likeness (QED) is 0.849. The standard InChI is InChI=1S/C12H21N3S/c1-8-9(2)16-12(14-8)15-11(7-13)10-5-3-4-6-10/h10-11H,3-7,13H2,1-2H3,(H,14,15). The summed E-state index contributed by atoms with van der Waals surface area (Å²) in [6.07, 6.45) is 5.36. The van der Waals surface area contributed by atoms with Crippen LogP contribution in [-0.4, -0.2) is 17.6 Å². The van der Waals surface area contributed by atoms with Gasteiger partial charge in [0.15, 0.2) is 5.13 Å². The van der Waals surface area contributed by atoms with E-state index in [1.54, 1.807) is 11.3 Å². The van der Waals surface area contributed by atoms with Crippen LogP contribution in [0.4, 0.5) is 5.13 Å². The average molecular weight is 239 g/mol. The summed E-state index contributed by atoms with van der Waals surface area (Å²) in [6.45, 7) is 4.89. The van der Waals surface area contributed by atoms with Gasteiger partial charge in [-0.05, 0) is 32.6 Å². The van der Waals surface area contributed by atoms with Gasteiger partial charge in [0.2, 0.25) is 0 Å². The van der Waals surface area contributed by atoms with Gasteiger partial charge in [-0.25, -0.2) is 4.98 Å². The van der Waals surface area contributed by atoms with E-state index in [1.807, 2.05) is 0 Å². The zero-order valence-electron chi connectivity index (χ0n) is 10.1. The lowest BCUT2D eigenvalue weighted by Gasteiger charge is -2.22. The van der Waals surface area contributed by atoms with Crippen molar-refractivity contribution in [3.05, 3.63) is 10.6 Å². The molecule has 0 amide bonds. The Kier molecular flexibility index (Phi) is 3.82. The smallest absolute Gasteiger partial charge is 0.183 e. The summed E-state index contributed by atoms with van der Waals surface area (Å²) in [5, 5.41) is 4.55. The Hall–Kier alpha value is -0.610. The van der Waals surface area contributed by atoms with Gasteiger partial charge in [0.25, 0.3) is 0 Å². The molecule has 3 nitrogen and oxygen atoms in total. The second-order valence-electron chi connectivity index (χ2n) is 4.69. The molecule has 1 saturated carbocycles. The van der Waals surface area contributed by atoms with Gasteiger partial charge >= 0.3 is 0 Å². The van der Waals surface area contributed by atoms with E-state index in [1.165, 1.54) is 30.6 Å². The number of rotatable bonds is 4. The molecule has 2 rings (SSSR count). The maximum atomic E-state index is 5.86. The zero-order chi connectivity index (χ0) is 11.5. The lowest BCUT2D eigenvalue weighted by Crippen LogP contribution is -2.35. The highest BCUT2D eigenvalue weighted by Gasteiger charge is 2.24. The third kappa shape index (κ3) is 2.55. The molecule has 1 aliphatic rings. The number of nitrogens with two attached hydrogens (primary N) is 1. The summed E-state index contributed by atoms with van der Waals surface area (Å²) in [5.74, 6) is 0.745.